The number of nitrogens with zero attached hydrogens (tertiary/aromatic N) is 3. The van der Waals surface area contributed by atoms with Gasteiger partial charge < -0.3 is 0 Å². The normalized spacial score (nSPS) is 16.8. The topological polar surface area (TPSA) is 30.3 Å². The fourth-order valence-corrected chi connectivity index (χ4v) is 1.54. The van der Waals surface area contributed by atoms with Gasteiger partial charge in [-0.15, -0.1) is 0 Å². The third-order valence-corrected chi connectivity index (χ3v) is 2.66. The van der Waals surface area contributed by atoms with E-state index >= 15 is 0 Å². The largest absolute Gasteiger partial charge is 0.268 e. The Morgan fingerprint density at radius 1 is 1.53 bits per heavy atom. The van der Waals surface area contributed by atoms with Crippen molar-refractivity contribution in [3.63, 3.8) is 0 Å². The van der Waals surface area contributed by atoms with E-state index in [-0.39, 0.29) is 0 Å². The van der Waals surface area contributed by atoms with Crippen molar-refractivity contribution in [3.8, 4) is 0 Å². The molecule has 0 radical (unpaired) electrons. The Balaban J connectivity index is 2.30. The van der Waals surface area contributed by atoms with E-state index in [9.17, 15) is 0 Å². The van der Waals surface area contributed by atoms with Crippen molar-refractivity contribution in [2.45, 2.75) is 32.9 Å². The molecular formula is C11H17N3O. The van der Waals surface area contributed by atoms with E-state index in [1.165, 1.54) is 0 Å². The first kappa shape index (κ1) is 10.2. The van der Waals surface area contributed by atoms with Crippen LogP contribution in [0.2, 0.25) is 0 Å². The van der Waals surface area contributed by atoms with Gasteiger partial charge in [0, 0.05) is 7.05 Å². The van der Waals surface area contributed by atoms with E-state index in [1.807, 2.05) is 11.7 Å². The van der Waals surface area contributed by atoms with Crippen LogP contribution in [-0.4, -0.2) is 21.9 Å². The molecule has 0 bridgehead atoms. The second kappa shape index (κ2) is 3.70. The zero-order chi connectivity index (χ0) is 11.0. The van der Waals surface area contributed by atoms with Gasteiger partial charge in [0.25, 0.3) is 0 Å². The van der Waals surface area contributed by atoms with Crippen LogP contribution in [0.4, 0.5) is 0 Å². The maximum absolute atomic E-state index is 5.51. The minimum absolute atomic E-state index is 0.454. The van der Waals surface area contributed by atoms with Crippen molar-refractivity contribution in [1.82, 2.24) is 14.8 Å². The molecule has 82 valence electrons. The van der Waals surface area contributed by atoms with Crippen LogP contribution in [0.25, 0.3) is 0 Å². The molecule has 4 nitrogen and oxygen atoms in total. The Morgan fingerprint density at radius 3 is 2.93 bits per heavy atom. The maximum atomic E-state index is 5.51. The maximum Gasteiger partial charge on any atom is 0.117 e. The minimum atomic E-state index is 0.454. The Morgan fingerprint density at radius 2 is 2.27 bits per heavy atom. The lowest BCUT2D eigenvalue weighted by Gasteiger charge is -2.16. The van der Waals surface area contributed by atoms with Crippen LogP contribution in [-0.2, 0) is 18.0 Å². The van der Waals surface area contributed by atoms with Crippen LogP contribution in [0.1, 0.15) is 31.2 Å². The number of hydrogen-bond acceptors (Lipinski definition) is 3. The average molecular weight is 207 g/mol. The van der Waals surface area contributed by atoms with Crippen LogP contribution >= 0.6 is 0 Å². The fraction of sp³-hybridized carbons (Fsp3) is 0.545. The highest BCUT2D eigenvalue weighted by molar-refractivity contribution is 5.14. The van der Waals surface area contributed by atoms with Crippen molar-refractivity contribution < 1.29 is 4.84 Å². The molecular weight excluding hydrogens is 190 g/mol. The Labute approximate surface area is 90.1 Å². The fourth-order valence-electron chi connectivity index (χ4n) is 1.54. The minimum Gasteiger partial charge on any atom is -0.268 e. The van der Waals surface area contributed by atoms with E-state index in [2.05, 4.69) is 31.6 Å². The van der Waals surface area contributed by atoms with Crippen LogP contribution in [0, 0.1) is 0 Å². The summed E-state index contributed by atoms with van der Waals surface area (Å²) in [7, 11) is 1.87. The Hall–Kier alpha value is -1.29. The molecule has 4 heteroatoms. The van der Waals surface area contributed by atoms with Crippen LogP contribution < -0.4 is 0 Å². The van der Waals surface area contributed by atoms with Gasteiger partial charge in [0.1, 0.15) is 6.61 Å². The standard InChI is InChI=1S/C11H17N3O/c1-8(2)11-5-10-7-15-13(4)9(3)6-14(10)12-11/h5,8H,3,6-7H2,1-2,4H3. The molecule has 0 saturated heterocycles. The molecule has 1 aromatic rings. The summed E-state index contributed by atoms with van der Waals surface area (Å²) in [6.07, 6.45) is 0. The first-order chi connectivity index (χ1) is 7.08. The lowest BCUT2D eigenvalue weighted by molar-refractivity contribution is -0.120. The average Bonchev–Trinajstić information content (AvgIpc) is 2.52. The summed E-state index contributed by atoms with van der Waals surface area (Å²) in [5.74, 6) is 0.454. The second-order valence-corrected chi connectivity index (χ2v) is 4.21. The summed E-state index contributed by atoms with van der Waals surface area (Å²) in [5.41, 5.74) is 3.15. The number of allylic oxidation sites excluding steroid dienone is 1. The molecule has 1 aliphatic heterocycles. The van der Waals surface area contributed by atoms with Crippen LogP contribution in [0.3, 0.4) is 0 Å². The van der Waals surface area contributed by atoms with Gasteiger partial charge in [-0.05, 0) is 12.0 Å². The van der Waals surface area contributed by atoms with Gasteiger partial charge in [-0.3, -0.25) is 14.6 Å². The molecule has 0 atom stereocenters. The zero-order valence-corrected chi connectivity index (χ0v) is 9.53. The van der Waals surface area contributed by atoms with Crippen molar-refractivity contribution >= 4 is 0 Å². The molecule has 0 aromatic carbocycles. The van der Waals surface area contributed by atoms with Crippen molar-refractivity contribution in [2.24, 2.45) is 0 Å². The molecule has 1 aromatic heterocycles. The first-order valence-electron chi connectivity index (χ1n) is 5.19. The smallest absolute Gasteiger partial charge is 0.117 e. The predicted molar refractivity (Wildman–Crippen MR) is 58.0 cm³/mol. The highest BCUT2D eigenvalue weighted by Crippen LogP contribution is 2.19. The number of hydroxylamine groups is 2. The molecule has 1 aliphatic rings. The molecule has 0 saturated carbocycles. The lowest BCUT2D eigenvalue weighted by Crippen LogP contribution is -2.17. The van der Waals surface area contributed by atoms with Gasteiger partial charge in [0.05, 0.1) is 23.6 Å². The van der Waals surface area contributed by atoms with Gasteiger partial charge in [0.15, 0.2) is 0 Å². The molecule has 2 rings (SSSR count). The van der Waals surface area contributed by atoms with E-state index in [0.717, 1.165) is 17.1 Å². The highest BCUT2D eigenvalue weighted by atomic mass is 16.7. The summed E-state index contributed by atoms with van der Waals surface area (Å²) in [5, 5.41) is 6.26. The first-order valence-corrected chi connectivity index (χ1v) is 5.19. The van der Waals surface area contributed by atoms with Gasteiger partial charge in [-0.2, -0.15) is 5.10 Å². The quantitative estimate of drug-likeness (QED) is 0.704. The molecule has 0 N–H and O–H groups in total. The summed E-state index contributed by atoms with van der Waals surface area (Å²) in [6, 6.07) is 2.11. The van der Waals surface area contributed by atoms with E-state index in [4.69, 9.17) is 4.84 Å². The number of likely N-dealkylation sites (N-methyl/N-ethyl adjacent to an activating group) is 1. The predicted octanol–water partition coefficient (Wildman–Crippen LogP) is 1.90. The van der Waals surface area contributed by atoms with Gasteiger partial charge in [-0.1, -0.05) is 20.4 Å². The summed E-state index contributed by atoms with van der Waals surface area (Å²) in [6.45, 7) is 9.51. The van der Waals surface area contributed by atoms with E-state index < -0.39 is 0 Å². The van der Waals surface area contributed by atoms with Gasteiger partial charge in [-0.25, -0.2) is 0 Å². The second-order valence-electron chi connectivity index (χ2n) is 4.21. The van der Waals surface area contributed by atoms with Crippen LogP contribution in [0.5, 0.6) is 0 Å². The monoisotopic (exact) mass is 207 g/mol. The number of aromatic nitrogens is 2. The van der Waals surface area contributed by atoms with Gasteiger partial charge >= 0.3 is 0 Å². The SMILES string of the molecule is C=C1Cn2nc(C(C)C)cc2CON1C. The van der Waals surface area contributed by atoms with Crippen molar-refractivity contribution in [2.75, 3.05) is 7.05 Å². The highest BCUT2D eigenvalue weighted by Gasteiger charge is 2.17. The van der Waals surface area contributed by atoms with Crippen molar-refractivity contribution in [1.29, 1.82) is 0 Å². The molecule has 0 spiro atoms. The molecule has 2 heterocycles. The molecule has 15 heavy (non-hydrogen) atoms. The molecule has 0 aliphatic carbocycles. The zero-order valence-electron chi connectivity index (χ0n) is 9.53. The third-order valence-electron chi connectivity index (χ3n) is 2.66. The van der Waals surface area contributed by atoms with Crippen molar-refractivity contribution in [3.05, 3.63) is 29.7 Å². The Kier molecular flexibility index (Phi) is 2.52. The molecule has 0 fully saturated rings. The third kappa shape index (κ3) is 1.90. The Bertz CT molecular complexity index is 381. The van der Waals surface area contributed by atoms with Crippen LogP contribution in [0.15, 0.2) is 18.3 Å². The van der Waals surface area contributed by atoms with E-state index in [0.29, 0.717) is 19.1 Å². The molecule has 0 amide bonds. The van der Waals surface area contributed by atoms with E-state index in [1.54, 1.807) is 5.06 Å². The number of rotatable bonds is 1. The lowest BCUT2D eigenvalue weighted by atomic mass is 10.1. The number of hydrogen-bond donors (Lipinski definition) is 0. The van der Waals surface area contributed by atoms with Gasteiger partial charge in [0.2, 0.25) is 0 Å². The summed E-state index contributed by atoms with van der Waals surface area (Å²) >= 11 is 0. The molecule has 0 unspecified atom stereocenters. The summed E-state index contributed by atoms with van der Waals surface area (Å²) in [4.78, 5) is 5.51. The number of fused-ring (bicyclic) bond motifs is 1. The summed E-state index contributed by atoms with van der Waals surface area (Å²) < 4.78 is 1.97.